The molecule has 1 atom stereocenters. The van der Waals surface area contributed by atoms with Gasteiger partial charge in [0.15, 0.2) is 0 Å². The number of rotatable bonds is 5. The third-order valence-electron chi connectivity index (χ3n) is 4.33. The molecule has 2 aromatic carbocycles. The van der Waals surface area contributed by atoms with E-state index in [1.807, 2.05) is 50.2 Å². The van der Waals surface area contributed by atoms with E-state index in [-0.39, 0.29) is 11.9 Å². The van der Waals surface area contributed by atoms with Gasteiger partial charge in [0.05, 0.1) is 0 Å². The van der Waals surface area contributed by atoms with Crippen molar-refractivity contribution < 1.29 is 4.79 Å². The van der Waals surface area contributed by atoms with Crippen molar-refractivity contribution in [2.45, 2.75) is 33.1 Å². The zero-order valence-electron chi connectivity index (χ0n) is 15.1. The summed E-state index contributed by atoms with van der Waals surface area (Å²) in [5.41, 5.74) is 4.29. The number of benzene rings is 2. The van der Waals surface area contributed by atoms with Crippen molar-refractivity contribution in [1.29, 1.82) is 0 Å². The van der Waals surface area contributed by atoms with Crippen LogP contribution in [0.1, 0.15) is 41.0 Å². The summed E-state index contributed by atoms with van der Waals surface area (Å²) in [6.45, 7) is 6.18. The molecule has 0 spiro atoms. The number of aromatic nitrogens is 2. The van der Waals surface area contributed by atoms with Gasteiger partial charge in [0.25, 0.3) is 0 Å². The predicted molar refractivity (Wildman–Crippen MR) is 107 cm³/mol. The molecule has 134 valence electrons. The smallest absolute Gasteiger partial charge is 0.308 e. The Labute approximate surface area is 157 Å². The zero-order chi connectivity index (χ0) is 18.5. The van der Waals surface area contributed by atoms with E-state index in [1.165, 1.54) is 22.5 Å². The van der Waals surface area contributed by atoms with E-state index >= 15 is 0 Å². The molecule has 3 rings (SSSR count). The summed E-state index contributed by atoms with van der Waals surface area (Å²) in [7, 11) is 0. The Morgan fingerprint density at radius 2 is 1.81 bits per heavy atom. The fraction of sp³-hybridized carbons (Fsp3) is 0.250. The molecule has 0 bridgehead atoms. The Kier molecular flexibility index (Phi) is 5.63. The first-order chi connectivity index (χ1) is 12.6. The van der Waals surface area contributed by atoms with Gasteiger partial charge in [0, 0.05) is 11.6 Å². The number of carbonyl (C=O) groups is 1. The second-order valence-electron chi connectivity index (χ2n) is 6.20. The summed E-state index contributed by atoms with van der Waals surface area (Å²) in [5.74, 6) is 0.187. The molecule has 6 heteroatoms. The Hall–Kier alpha value is -2.73. The molecule has 0 saturated heterocycles. The molecule has 26 heavy (non-hydrogen) atoms. The maximum absolute atomic E-state index is 12.2. The van der Waals surface area contributed by atoms with E-state index in [2.05, 4.69) is 39.9 Å². The number of carbonyl (C=O) groups excluding carboxylic acids is 1. The van der Waals surface area contributed by atoms with Gasteiger partial charge in [-0.05, 0) is 49.1 Å². The molecule has 0 saturated carbocycles. The highest BCUT2D eigenvalue weighted by atomic mass is 32.1. The van der Waals surface area contributed by atoms with E-state index in [9.17, 15) is 4.79 Å². The molecule has 0 radical (unpaired) electrons. The van der Waals surface area contributed by atoms with Gasteiger partial charge in [-0.15, -0.1) is 10.2 Å². The van der Waals surface area contributed by atoms with E-state index in [0.717, 1.165) is 22.7 Å². The SMILES string of the molecule is CCC(c1ccccc1)c1nnc(NC(=O)Nc2ccc(C)c(C)c2)s1. The highest BCUT2D eigenvalue weighted by Crippen LogP contribution is 2.31. The van der Waals surface area contributed by atoms with Crippen LogP contribution < -0.4 is 10.6 Å². The lowest BCUT2D eigenvalue weighted by atomic mass is 9.97. The number of urea groups is 1. The van der Waals surface area contributed by atoms with Crippen LogP contribution in [0.4, 0.5) is 15.6 Å². The van der Waals surface area contributed by atoms with Crippen LogP contribution in [0.2, 0.25) is 0 Å². The minimum Gasteiger partial charge on any atom is -0.308 e. The van der Waals surface area contributed by atoms with Crippen LogP contribution in [0.15, 0.2) is 48.5 Å². The normalized spacial score (nSPS) is 11.8. The first-order valence-corrected chi connectivity index (χ1v) is 9.42. The van der Waals surface area contributed by atoms with Gasteiger partial charge in [0.2, 0.25) is 5.13 Å². The van der Waals surface area contributed by atoms with Gasteiger partial charge in [-0.3, -0.25) is 5.32 Å². The van der Waals surface area contributed by atoms with Crippen LogP contribution in [-0.2, 0) is 0 Å². The highest BCUT2D eigenvalue weighted by molar-refractivity contribution is 7.15. The molecule has 1 aromatic heterocycles. The Morgan fingerprint density at radius 3 is 2.50 bits per heavy atom. The Balaban J connectivity index is 1.67. The molecule has 3 aromatic rings. The van der Waals surface area contributed by atoms with Crippen molar-refractivity contribution in [3.8, 4) is 0 Å². The number of amides is 2. The molecule has 1 unspecified atom stereocenters. The van der Waals surface area contributed by atoms with E-state index in [1.54, 1.807) is 0 Å². The molecule has 0 aliphatic carbocycles. The van der Waals surface area contributed by atoms with Gasteiger partial charge in [0.1, 0.15) is 5.01 Å². The van der Waals surface area contributed by atoms with Crippen LogP contribution in [0.5, 0.6) is 0 Å². The average Bonchev–Trinajstić information content (AvgIpc) is 3.08. The van der Waals surface area contributed by atoms with Crippen molar-refractivity contribution in [2.24, 2.45) is 0 Å². The largest absolute Gasteiger partial charge is 0.325 e. The molecular weight excluding hydrogens is 344 g/mol. The number of hydrogen-bond donors (Lipinski definition) is 2. The molecule has 0 aliphatic rings. The predicted octanol–water partition coefficient (Wildman–Crippen LogP) is 5.34. The Morgan fingerprint density at radius 1 is 1.04 bits per heavy atom. The number of hydrogen-bond acceptors (Lipinski definition) is 4. The molecule has 1 heterocycles. The molecular formula is C20H22N4OS. The summed E-state index contributed by atoms with van der Waals surface area (Å²) >= 11 is 1.41. The molecule has 5 nitrogen and oxygen atoms in total. The monoisotopic (exact) mass is 366 g/mol. The van der Waals surface area contributed by atoms with Crippen LogP contribution in [0.3, 0.4) is 0 Å². The Bertz CT molecular complexity index is 892. The second-order valence-corrected chi connectivity index (χ2v) is 7.20. The van der Waals surface area contributed by atoms with Crippen molar-refractivity contribution in [3.05, 3.63) is 70.2 Å². The molecule has 0 aliphatic heterocycles. The quantitative estimate of drug-likeness (QED) is 0.640. The van der Waals surface area contributed by atoms with Gasteiger partial charge in [-0.25, -0.2) is 4.79 Å². The van der Waals surface area contributed by atoms with Crippen molar-refractivity contribution in [3.63, 3.8) is 0 Å². The van der Waals surface area contributed by atoms with E-state index in [0.29, 0.717) is 5.13 Å². The third kappa shape index (κ3) is 4.26. The number of aryl methyl sites for hydroxylation is 2. The molecule has 0 fully saturated rings. The van der Waals surface area contributed by atoms with Crippen LogP contribution in [0.25, 0.3) is 0 Å². The highest BCUT2D eigenvalue weighted by Gasteiger charge is 2.18. The fourth-order valence-electron chi connectivity index (χ4n) is 2.74. The summed E-state index contributed by atoms with van der Waals surface area (Å²) in [4.78, 5) is 12.2. The minimum atomic E-state index is -0.316. The van der Waals surface area contributed by atoms with E-state index < -0.39 is 0 Å². The lowest BCUT2D eigenvalue weighted by Crippen LogP contribution is -2.19. The fourth-order valence-corrected chi connectivity index (χ4v) is 3.69. The minimum absolute atomic E-state index is 0.187. The zero-order valence-corrected chi connectivity index (χ0v) is 15.9. The van der Waals surface area contributed by atoms with Crippen molar-refractivity contribution in [1.82, 2.24) is 10.2 Å². The van der Waals surface area contributed by atoms with Crippen LogP contribution >= 0.6 is 11.3 Å². The topological polar surface area (TPSA) is 66.9 Å². The lowest BCUT2D eigenvalue weighted by Gasteiger charge is -2.11. The average molecular weight is 366 g/mol. The first kappa shape index (κ1) is 18.1. The van der Waals surface area contributed by atoms with Crippen LogP contribution in [-0.4, -0.2) is 16.2 Å². The van der Waals surface area contributed by atoms with Crippen molar-refractivity contribution >= 4 is 28.2 Å². The number of nitrogens with zero attached hydrogens (tertiary/aromatic N) is 2. The second kappa shape index (κ2) is 8.10. The summed E-state index contributed by atoms with van der Waals surface area (Å²) < 4.78 is 0. The van der Waals surface area contributed by atoms with Gasteiger partial charge in [-0.2, -0.15) is 0 Å². The van der Waals surface area contributed by atoms with Gasteiger partial charge >= 0.3 is 6.03 Å². The maximum Gasteiger partial charge on any atom is 0.325 e. The first-order valence-electron chi connectivity index (χ1n) is 8.60. The standard InChI is InChI=1S/C20H22N4OS/c1-4-17(15-8-6-5-7-9-15)18-23-24-20(26-18)22-19(25)21-16-11-10-13(2)14(3)12-16/h5-12,17H,4H2,1-3H3,(H2,21,22,24,25). The number of anilines is 2. The third-order valence-corrected chi connectivity index (χ3v) is 5.29. The lowest BCUT2D eigenvalue weighted by molar-refractivity contribution is 0.262. The molecule has 2 amide bonds. The van der Waals surface area contributed by atoms with Crippen molar-refractivity contribution in [2.75, 3.05) is 10.6 Å². The number of nitrogens with one attached hydrogen (secondary N) is 2. The molecule has 2 N–H and O–H groups in total. The van der Waals surface area contributed by atoms with Gasteiger partial charge < -0.3 is 5.32 Å². The summed E-state index contributed by atoms with van der Waals surface area (Å²) in [6, 6.07) is 15.7. The summed E-state index contributed by atoms with van der Waals surface area (Å²) in [5, 5.41) is 15.4. The van der Waals surface area contributed by atoms with E-state index in [4.69, 9.17) is 0 Å². The summed E-state index contributed by atoms with van der Waals surface area (Å²) in [6.07, 6.45) is 0.924. The van der Waals surface area contributed by atoms with Crippen LogP contribution in [0, 0.1) is 13.8 Å². The van der Waals surface area contributed by atoms with Gasteiger partial charge in [-0.1, -0.05) is 54.7 Å². The maximum atomic E-state index is 12.2.